The molecule has 5 nitrogen and oxygen atoms in total. The average molecular weight is 256 g/mol. The number of carbonyl (C=O) groups is 2. The first kappa shape index (κ1) is 14.8. The van der Waals surface area contributed by atoms with Crippen LogP contribution in [0.5, 0.6) is 0 Å². The van der Waals surface area contributed by atoms with E-state index in [0.29, 0.717) is 38.4 Å². The van der Waals surface area contributed by atoms with Gasteiger partial charge in [-0.15, -0.1) is 0 Å². The summed E-state index contributed by atoms with van der Waals surface area (Å²) in [7, 11) is 0. The summed E-state index contributed by atoms with van der Waals surface area (Å²) in [6.45, 7) is 7.59. The zero-order valence-corrected chi connectivity index (χ0v) is 11.5. The quantitative estimate of drug-likeness (QED) is 0.789. The Kier molecular flexibility index (Phi) is 4.99. The summed E-state index contributed by atoms with van der Waals surface area (Å²) in [5.41, 5.74) is -0.741. The first-order valence-corrected chi connectivity index (χ1v) is 6.67. The fraction of sp³-hybridized carbons (Fsp3) is 0.846. The molecular weight excluding hydrogens is 232 g/mol. The Balaban J connectivity index is 2.46. The predicted octanol–water partition coefficient (Wildman–Crippen LogP) is 1.93. The number of hydrogen-bond donors (Lipinski definition) is 2. The molecule has 1 aliphatic heterocycles. The molecule has 0 radical (unpaired) electrons. The molecule has 5 heteroatoms. The number of urea groups is 1. The van der Waals surface area contributed by atoms with Gasteiger partial charge in [-0.05, 0) is 25.2 Å². The molecule has 0 aromatic rings. The molecule has 2 amide bonds. The van der Waals surface area contributed by atoms with E-state index in [4.69, 9.17) is 0 Å². The molecular formula is C13H24N2O3. The smallest absolute Gasteiger partial charge is 0.317 e. The van der Waals surface area contributed by atoms with Gasteiger partial charge in [0.15, 0.2) is 0 Å². The highest BCUT2D eigenvalue weighted by Crippen LogP contribution is 2.34. The fourth-order valence-electron chi connectivity index (χ4n) is 2.24. The first-order valence-electron chi connectivity index (χ1n) is 6.67. The number of nitrogens with one attached hydrogen (secondary N) is 1. The van der Waals surface area contributed by atoms with Crippen LogP contribution in [0, 0.1) is 11.3 Å². The van der Waals surface area contributed by atoms with Crippen molar-refractivity contribution in [3.63, 3.8) is 0 Å². The summed E-state index contributed by atoms with van der Waals surface area (Å²) in [5, 5.41) is 12.1. The summed E-state index contributed by atoms with van der Waals surface area (Å²) >= 11 is 0. The molecule has 104 valence electrons. The SMILES string of the molecule is CCC1(C(=O)O)CCN(C(=O)NCCC(C)C)C1. The standard InChI is InChI=1S/C13H24N2O3/c1-4-13(11(16)17)6-8-15(9-13)12(18)14-7-5-10(2)3/h10H,4-9H2,1-3H3,(H,14,18)(H,16,17). The Morgan fingerprint density at radius 1 is 1.44 bits per heavy atom. The van der Waals surface area contributed by atoms with Crippen LogP contribution in [-0.4, -0.2) is 41.6 Å². The van der Waals surface area contributed by atoms with Crippen molar-refractivity contribution in [1.29, 1.82) is 0 Å². The molecule has 1 aliphatic rings. The van der Waals surface area contributed by atoms with E-state index in [1.165, 1.54) is 0 Å². The van der Waals surface area contributed by atoms with Crippen LogP contribution in [0.2, 0.25) is 0 Å². The van der Waals surface area contributed by atoms with Crippen molar-refractivity contribution in [3.8, 4) is 0 Å². The zero-order chi connectivity index (χ0) is 13.8. The third-order valence-corrected chi connectivity index (χ3v) is 3.77. The second-order valence-corrected chi connectivity index (χ2v) is 5.53. The van der Waals surface area contributed by atoms with Gasteiger partial charge in [-0.2, -0.15) is 0 Å². The van der Waals surface area contributed by atoms with Crippen LogP contribution in [0.1, 0.15) is 40.0 Å². The number of carboxylic acid groups (broad SMARTS) is 1. The van der Waals surface area contributed by atoms with Gasteiger partial charge in [-0.3, -0.25) is 4.79 Å². The molecule has 2 N–H and O–H groups in total. The van der Waals surface area contributed by atoms with Crippen LogP contribution in [-0.2, 0) is 4.79 Å². The molecule has 0 aromatic carbocycles. The van der Waals surface area contributed by atoms with E-state index < -0.39 is 11.4 Å². The molecule has 0 spiro atoms. The summed E-state index contributed by atoms with van der Waals surface area (Å²) in [4.78, 5) is 24.8. The van der Waals surface area contributed by atoms with Gasteiger partial charge < -0.3 is 15.3 Å². The average Bonchev–Trinajstić information content (AvgIpc) is 2.74. The lowest BCUT2D eigenvalue weighted by Gasteiger charge is -2.23. The van der Waals surface area contributed by atoms with E-state index in [0.717, 1.165) is 6.42 Å². The maximum Gasteiger partial charge on any atom is 0.317 e. The highest BCUT2D eigenvalue weighted by Gasteiger charge is 2.44. The van der Waals surface area contributed by atoms with Crippen LogP contribution < -0.4 is 5.32 Å². The zero-order valence-electron chi connectivity index (χ0n) is 11.5. The third-order valence-electron chi connectivity index (χ3n) is 3.77. The number of likely N-dealkylation sites (tertiary alicyclic amines) is 1. The summed E-state index contributed by atoms with van der Waals surface area (Å²) < 4.78 is 0. The summed E-state index contributed by atoms with van der Waals surface area (Å²) in [5.74, 6) is -0.236. The molecule has 1 unspecified atom stereocenters. The molecule has 0 bridgehead atoms. The molecule has 0 saturated carbocycles. The lowest BCUT2D eigenvalue weighted by molar-refractivity contribution is -0.148. The Morgan fingerprint density at radius 2 is 2.11 bits per heavy atom. The van der Waals surface area contributed by atoms with Crippen LogP contribution in [0.3, 0.4) is 0 Å². The Hall–Kier alpha value is -1.26. The molecule has 18 heavy (non-hydrogen) atoms. The molecule has 1 atom stereocenters. The molecule has 1 rings (SSSR count). The van der Waals surface area contributed by atoms with E-state index in [1.807, 2.05) is 6.92 Å². The lowest BCUT2D eigenvalue weighted by Crippen LogP contribution is -2.42. The van der Waals surface area contributed by atoms with Crippen molar-refractivity contribution in [2.75, 3.05) is 19.6 Å². The number of hydrogen-bond acceptors (Lipinski definition) is 2. The van der Waals surface area contributed by atoms with Crippen molar-refractivity contribution in [2.45, 2.75) is 40.0 Å². The van der Waals surface area contributed by atoms with Crippen molar-refractivity contribution in [1.82, 2.24) is 10.2 Å². The van der Waals surface area contributed by atoms with E-state index in [-0.39, 0.29) is 6.03 Å². The number of amides is 2. The van der Waals surface area contributed by atoms with Crippen LogP contribution in [0.25, 0.3) is 0 Å². The number of aliphatic carboxylic acids is 1. The largest absolute Gasteiger partial charge is 0.481 e. The van der Waals surface area contributed by atoms with Gasteiger partial charge in [0.25, 0.3) is 0 Å². The Bertz CT molecular complexity index is 317. The monoisotopic (exact) mass is 256 g/mol. The second kappa shape index (κ2) is 6.07. The summed E-state index contributed by atoms with van der Waals surface area (Å²) in [6, 6.07) is -0.132. The molecule has 1 saturated heterocycles. The van der Waals surface area contributed by atoms with Crippen LogP contribution >= 0.6 is 0 Å². The van der Waals surface area contributed by atoms with Gasteiger partial charge in [0.05, 0.1) is 5.41 Å². The van der Waals surface area contributed by atoms with Gasteiger partial charge in [0.2, 0.25) is 0 Å². The van der Waals surface area contributed by atoms with Gasteiger partial charge in [-0.1, -0.05) is 20.8 Å². The van der Waals surface area contributed by atoms with Crippen molar-refractivity contribution in [3.05, 3.63) is 0 Å². The minimum absolute atomic E-state index is 0.132. The minimum atomic E-state index is -0.789. The maximum atomic E-state index is 11.9. The Labute approximate surface area is 109 Å². The summed E-state index contributed by atoms with van der Waals surface area (Å²) in [6.07, 6.45) is 2.06. The Morgan fingerprint density at radius 3 is 2.56 bits per heavy atom. The molecule has 1 fully saturated rings. The maximum absolute atomic E-state index is 11.9. The third kappa shape index (κ3) is 3.37. The van der Waals surface area contributed by atoms with Gasteiger partial charge >= 0.3 is 12.0 Å². The predicted molar refractivity (Wildman–Crippen MR) is 69.4 cm³/mol. The highest BCUT2D eigenvalue weighted by molar-refractivity contribution is 5.79. The lowest BCUT2D eigenvalue weighted by atomic mass is 9.84. The van der Waals surface area contributed by atoms with E-state index in [2.05, 4.69) is 19.2 Å². The van der Waals surface area contributed by atoms with Gasteiger partial charge in [0, 0.05) is 19.6 Å². The van der Waals surface area contributed by atoms with E-state index in [1.54, 1.807) is 4.90 Å². The van der Waals surface area contributed by atoms with Crippen molar-refractivity contribution >= 4 is 12.0 Å². The number of carbonyl (C=O) groups excluding carboxylic acids is 1. The topological polar surface area (TPSA) is 69.6 Å². The van der Waals surface area contributed by atoms with E-state index >= 15 is 0 Å². The van der Waals surface area contributed by atoms with Crippen LogP contribution in [0.4, 0.5) is 4.79 Å². The van der Waals surface area contributed by atoms with Gasteiger partial charge in [0.1, 0.15) is 0 Å². The minimum Gasteiger partial charge on any atom is -0.481 e. The normalized spacial score (nSPS) is 23.4. The molecule has 0 aromatic heterocycles. The first-order chi connectivity index (χ1) is 8.41. The highest BCUT2D eigenvalue weighted by atomic mass is 16.4. The fourth-order valence-corrected chi connectivity index (χ4v) is 2.24. The van der Waals surface area contributed by atoms with Gasteiger partial charge in [-0.25, -0.2) is 4.79 Å². The van der Waals surface area contributed by atoms with Crippen molar-refractivity contribution in [2.24, 2.45) is 11.3 Å². The molecule has 1 heterocycles. The van der Waals surface area contributed by atoms with Crippen LogP contribution in [0.15, 0.2) is 0 Å². The number of carboxylic acids is 1. The van der Waals surface area contributed by atoms with Crippen molar-refractivity contribution < 1.29 is 14.7 Å². The number of rotatable bonds is 5. The molecule has 0 aliphatic carbocycles. The van der Waals surface area contributed by atoms with E-state index in [9.17, 15) is 14.7 Å². The number of nitrogens with zero attached hydrogens (tertiary/aromatic N) is 1. The second-order valence-electron chi connectivity index (χ2n) is 5.53.